The van der Waals surface area contributed by atoms with Crippen LogP contribution in [-0.4, -0.2) is 92.1 Å². The summed E-state index contributed by atoms with van der Waals surface area (Å²) in [5.41, 5.74) is 1.98. The highest BCUT2D eigenvalue weighted by Crippen LogP contribution is 2.55. The zero-order chi connectivity index (χ0) is 28.7. The zero-order valence-electron chi connectivity index (χ0n) is 22.7. The first-order valence-electron chi connectivity index (χ1n) is 12.9. The Kier molecular flexibility index (Phi) is 7.98. The molecule has 0 saturated carbocycles. The summed E-state index contributed by atoms with van der Waals surface area (Å²) in [6.45, 7) is 0.608. The molecule has 2 heterocycles. The molecule has 1 aliphatic carbocycles. The molecule has 2 aromatic carbocycles. The van der Waals surface area contributed by atoms with Gasteiger partial charge < -0.3 is 53.6 Å². The molecule has 7 atom stereocenters. The average Bonchev–Trinajstić information content (AvgIpc) is 3.54. The van der Waals surface area contributed by atoms with Crippen LogP contribution in [0, 0.1) is 11.8 Å². The van der Waals surface area contributed by atoms with Crippen LogP contribution in [0.25, 0.3) is 0 Å². The number of ketones is 1. The van der Waals surface area contributed by atoms with Crippen molar-refractivity contribution in [2.45, 2.75) is 43.9 Å². The van der Waals surface area contributed by atoms with Gasteiger partial charge in [-0.1, -0.05) is 0 Å². The second-order valence-electron chi connectivity index (χ2n) is 10.1. The quantitative estimate of drug-likeness (QED) is 0.340. The Bertz CT molecular complexity index is 1240. The third-order valence-corrected chi connectivity index (χ3v) is 7.91. The lowest BCUT2D eigenvalue weighted by molar-refractivity contribution is -0.124. The van der Waals surface area contributed by atoms with Gasteiger partial charge in [0.2, 0.25) is 24.6 Å². The molecule has 2 aliphatic heterocycles. The normalized spacial score (nSPS) is 28.6. The lowest BCUT2D eigenvalue weighted by atomic mass is 9.65. The summed E-state index contributed by atoms with van der Waals surface area (Å²) in [6, 6.07) is 5.32. The van der Waals surface area contributed by atoms with Crippen molar-refractivity contribution in [2.24, 2.45) is 11.8 Å². The summed E-state index contributed by atoms with van der Waals surface area (Å²) in [7, 11) is 4.50. The van der Waals surface area contributed by atoms with Gasteiger partial charge in [-0.15, -0.1) is 0 Å². The highest BCUT2D eigenvalue weighted by Gasteiger charge is 2.47. The minimum Gasteiger partial charge on any atom is -0.493 e. The molecule has 1 fully saturated rings. The highest BCUT2D eigenvalue weighted by molar-refractivity contribution is 5.82. The van der Waals surface area contributed by atoms with Gasteiger partial charge in [-0.25, -0.2) is 0 Å². The van der Waals surface area contributed by atoms with Crippen LogP contribution in [0.4, 0.5) is 0 Å². The van der Waals surface area contributed by atoms with Crippen molar-refractivity contribution >= 4 is 5.78 Å². The van der Waals surface area contributed by atoms with Gasteiger partial charge in [-0.3, -0.25) is 4.79 Å². The van der Waals surface area contributed by atoms with Gasteiger partial charge in [-0.2, -0.15) is 0 Å². The maximum absolute atomic E-state index is 13.1. The van der Waals surface area contributed by atoms with E-state index in [0.29, 0.717) is 39.7 Å². The van der Waals surface area contributed by atoms with Gasteiger partial charge in [0.15, 0.2) is 23.0 Å². The van der Waals surface area contributed by atoms with Crippen LogP contribution in [-0.2, 0) is 16.0 Å². The summed E-state index contributed by atoms with van der Waals surface area (Å²) >= 11 is 0. The molecule has 2 aromatic rings. The Labute approximate surface area is 230 Å². The van der Waals surface area contributed by atoms with Gasteiger partial charge in [0.05, 0.1) is 27.9 Å². The predicted molar refractivity (Wildman–Crippen MR) is 137 cm³/mol. The second kappa shape index (κ2) is 11.3. The number of hydrogen-bond donors (Lipinski definition) is 4. The maximum atomic E-state index is 13.1. The molecule has 5 rings (SSSR count). The zero-order valence-corrected chi connectivity index (χ0v) is 22.7. The summed E-state index contributed by atoms with van der Waals surface area (Å²) in [6.07, 6.45) is -4.91. The van der Waals surface area contributed by atoms with E-state index in [1.54, 1.807) is 18.2 Å². The molecule has 0 unspecified atom stereocenters. The number of hydrogen-bond acceptors (Lipinski definition) is 12. The van der Waals surface area contributed by atoms with Crippen LogP contribution >= 0.6 is 0 Å². The molecule has 1 saturated heterocycles. The first-order chi connectivity index (χ1) is 19.3. The molecule has 218 valence electrons. The first kappa shape index (κ1) is 28.2. The Morgan fingerprint density at radius 3 is 2.20 bits per heavy atom. The second-order valence-corrected chi connectivity index (χ2v) is 10.1. The van der Waals surface area contributed by atoms with Crippen LogP contribution in [0.1, 0.15) is 29.5 Å². The molecule has 0 bridgehead atoms. The Morgan fingerprint density at radius 2 is 1.65 bits per heavy atom. The number of rotatable bonds is 9. The molecule has 12 heteroatoms. The van der Waals surface area contributed by atoms with E-state index in [-0.39, 0.29) is 37.1 Å². The number of ether oxygens (including phenoxy) is 7. The molecule has 0 spiro atoms. The smallest absolute Gasteiger partial charge is 0.231 e. The fourth-order valence-corrected chi connectivity index (χ4v) is 6.03. The van der Waals surface area contributed by atoms with Crippen molar-refractivity contribution in [3.05, 3.63) is 34.9 Å². The lowest BCUT2D eigenvalue weighted by Crippen LogP contribution is -2.38. The Hall–Kier alpha value is -3.29. The minimum absolute atomic E-state index is 0.0844. The number of carbonyl (C=O) groups is 1. The number of carbonyl (C=O) groups excluding carboxylic acids is 1. The number of aliphatic hydroxyl groups is 4. The van der Waals surface area contributed by atoms with Crippen LogP contribution in [0.5, 0.6) is 34.5 Å². The molecule has 4 N–H and O–H groups in total. The van der Waals surface area contributed by atoms with E-state index in [0.717, 1.165) is 0 Å². The van der Waals surface area contributed by atoms with Crippen molar-refractivity contribution in [1.29, 1.82) is 0 Å². The third-order valence-electron chi connectivity index (χ3n) is 7.91. The Morgan fingerprint density at radius 1 is 0.950 bits per heavy atom. The molecular weight excluding hydrogens is 528 g/mol. The van der Waals surface area contributed by atoms with E-state index < -0.39 is 49.0 Å². The largest absolute Gasteiger partial charge is 0.493 e. The summed E-state index contributed by atoms with van der Waals surface area (Å²) in [4.78, 5) is 13.1. The summed E-state index contributed by atoms with van der Waals surface area (Å²) in [5, 5.41) is 40.8. The van der Waals surface area contributed by atoms with Gasteiger partial charge in [-0.05, 0) is 48.6 Å². The van der Waals surface area contributed by atoms with Crippen molar-refractivity contribution in [2.75, 3.05) is 41.3 Å². The monoisotopic (exact) mass is 562 g/mol. The molecule has 0 aromatic heterocycles. The minimum atomic E-state index is -1.45. The molecule has 12 nitrogen and oxygen atoms in total. The molecule has 40 heavy (non-hydrogen) atoms. The first-order valence-corrected chi connectivity index (χ1v) is 12.9. The van der Waals surface area contributed by atoms with Gasteiger partial charge in [0, 0.05) is 24.0 Å². The molecular formula is C28H34O12. The van der Waals surface area contributed by atoms with Crippen molar-refractivity contribution in [3.8, 4) is 34.5 Å². The van der Waals surface area contributed by atoms with Crippen molar-refractivity contribution in [3.63, 3.8) is 0 Å². The third kappa shape index (κ3) is 4.59. The van der Waals surface area contributed by atoms with Crippen molar-refractivity contribution < 1.29 is 58.4 Å². The maximum Gasteiger partial charge on any atom is 0.231 e. The molecule has 0 amide bonds. The van der Waals surface area contributed by atoms with Crippen LogP contribution in [0.3, 0.4) is 0 Å². The van der Waals surface area contributed by atoms with Gasteiger partial charge in [0.1, 0.15) is 24.1 Å². The van der Waals surface area contributed by atoms with Gasteiger partial charge in [0.25, 0.3) is 0 Å². The number of fused-ring (bicyclic) bond motifs is 2. The van der Waals surface area contributed by atoms with Crippen LogP contribution in [0.15, 0.2) is 18.2 Å². The van der Waals surface area contributed by atoms with Gasteiger partial charge >= 0.3 is 0 Å². The summed E-state index contributed by atoms with van der Waals surface area (Å²) in [5.74, 6) is 0.206. The number of aliphatic hydroxyl groups excluding tert-OH is 4. The van der Waals surface area contributed by atoms with E-state index in [1.165, 1.54) is 28.3 Å². The molecule has 0 radical (unpaired) electrons. The van der Waals surface area contributed by atoms with E-state index in [4.69, 9.17) is 33.2 Å². The fourth-order valence-electron chi connectivity index (χ4n) is 6.03. The predicted octanol–water partition coefficient (Wildman–Crippen LogP) is 0.761. The number of Topliss-reactive ketones (excluding diaryl/α,β-unsaturated/α-hetero) is 1. The Balaban J connectivity index is 1.71. The SMILES string of the molecule is COc1cc([C@H]2c3cc4c(c(O[C@@H]5O[C@@H](CO)[C@H](O)[C@H]5O)c3C[C@H](CO)[C@H]2C(C)=O)OCO4)cc(OC)c1OC. The average molecular weight is 563 g/mol. The standard InChI is InChI=1S/C28H34O12/c1-12(31)21-14(9-29)5-16-15(22(21)13-6-17(34-2)26(36-4)18(7-13)35-3)8-19-27(38-11-37-19)25(16)40-28-24(33)23(32)20(10-30)39-28/h6-8,14,20-24,28-30,32-33H,5,9-11H2,1-4H3/t14-,20+,21-,22+,23+,24-,28+/m1/s1. The highest BCUT2D eigenvalue weighted by atomic mass is 16.7. The van der Waals surface area contributed by atoms with E-state index in [9.17, 15) is 25.2 Å². The van der Waals surface area contributed by atoms with E-state index in [1.807, 2.05) is 0 Å². The van der Waals surface area contributed by atoms with Crippen LogP contribution < -0.4 is 28.4 Å². The fraction of sp³-hybridized carbons (Fsp3) is 0.536. The molecule has 3 aliphatic rings. The topological polar surface area (TPSA) is 163 Å². The van der Waals surface area contributed by atoms with Crippen LogP contribution in [0.2, 0.25) is 0 Å². The summed E-state index contributed by atoms with van der Waals surface area (Å²) < 4.78 is 39.8. The van der Waals surface area contributed by atoms with E-state index >= 15 is 0 Å². The number of methoxy groups -OCH3 is 3. The number of benzene rings is 2. The van der Waals surface area contributed by atoms with Crippen molar-refractivity contribution in [1.82, 2.24) is 0 Å². The lowest BCUT2D eigenvalue weighted by Gasteiger charge is -2.39. The van der Waals surface area contributed by atoms with E-state index in [2.05, 4.69) is 0 Å².